The first-order valence-electron chi connectivity index (χ1n) is 7.93. The van der Waals surface area contributed by atoms with Gasteiger partial charge in [-0.3, -0.25) is 4.90 Å². The molecule has 2 aliphatic rings. The number of ether oxygens (including phenoxy) is 2. The van der Waals surface area contributed by atoms with Crippen LogP contribution in [0.4, 0.5) is 0 Å². The van der Waals surface area contributed by atoms with Gasteiger partial charge in [-0.05, 0) is 49.0 Å². The van der Waals surface area contributed by atoms with Gasteiger partial charge in [-0.15, -0.1) is 12.4 Å². The van der Waals surface area contributed by atoms with E-state index in [1.165, 1.54) is 44.6 Å². The molecule has 0 bridgehead atoms. The molecule has 0 radical (unpaired) electrons. The van der Waals surface area contributed by atoms with E-state index in [0.29, 0.717) is 18.6 Å². The van der Waals surface area contributed by atoms with Crippen LogP contribution in [0.2, 0.25) is 0 Å². The van der Waals surface area contributed by atoms with Crippen molar-refractivity contribution in [2.45, 2.75) is 19.4 Å². The maximum absolute atomic E-state index is 5.69. The number of benzene rings is 1. The van der Waals surface area contributed by atoms with Gasteiger partial charge in [0, 0.05) is 26.7 Å². The van der Waals surface area contributed by atoms with Gasteiger partial charge < -0.3 is 14.8 Å². The molecule has 3 rings (SSSR count). The second-order valence-corrected chi connectivity index (χ2v) is 6.38. The average molecular weight is 327 g/mol. The summed E-state index contributed by atoms with van der Waals surface area (Å²) in [6.45, 7) is 7.11. The van der Waals surface area contributed by atoms with Gasteiger partial charge in [0.15, 0.2) is 0 Å². The number of hydrogen-bond acceptors (Lipinski definition) is 4. The Morgan fingerprint density at radius 2 is 2.18 bits per heavy atom. The Hall–Kier alpha value is -0.810. The van der Waals surface area contributed by atoms with Crippen LogP contribution >= 0.6 is 12.4 Å². The Labute approximate surface area is 139 Å². The molecule has 0 saturated carbocycles. The van der Waals surface area contributed by atoms with Gasteiger partial charge in [0.1, 0.15) is 12.4 Å². The lowest BCUT2D eigenvalue weighted by Gasteiger charge is -2.23. The predicted molar refractivity (Wildman–Crippen MR) is 90.9 cm³/mol. The fraction of sp³-hybridized carbons (Fsp3) is 0.647. The molecular weight excluding hydrogens is 300 g/mol. The average Bonchev–Trinajstić information content (AvgIpc) is 3.10. The second-order valence-electron chi connectivity index (χ2n) is 6.38. The standard InChI is InChI=1S/C17H26N2O2.ClH/c1-20-9-10-21-16-4-2-3-15(11-16)12-19-8-6-17(14-19)5-7-18-13-17;/h2-4,11,18H,5-10,12-14H2,1H3;1H. The largest absolute Gasteiger partial charge is 0.491 e. The Balaban J connectivity index is 0.00000176. The molecule has 22 heavy (non-hydrogen) atoms. The highest BCUT2D eigenvalue weighted by Gasteiger charge is 2.39. The number of rotatable bonds is 6. The monoisotopic (exact) mass is 326 g/mol. The van der Waals surface area contributed by atoms with Gasteiger partial charge in [0.05, 0.1) is 6.61 Å². The lowest BCUT2D eigenvalue weighted by atomic mass is 9.86. The van der Waals surface area contributed by atoms with Crippen molar-refractivity contribution in [3.63, 3.8) is 0 Å². The number of hydrogen-bond donors (Lipinski definition) is 1. The molecule has 0 aromatic heterocycles. The van der Waals surface area contributed by atoms with Crippen LogP contribution in [0.3, 0.4) is 0 Å². The van der Waals surface area contributed by atoms with Crippen molar-refractivity contribution in [1.82, 2.24) is 10.2 Å². The molecule has 2 aliphatic heterocycles. The molecule has 2 heterocycles. The molecule has 0 amide bonds. The normalized spacial score (nSPS) is 24.6. The number of methoxy groups -OCH3 is 1. The van der Waals surface area contributed by atoms with E-state index in [-0.39, 0.29) is 12.4 Å². The van der Waals surface area contributed by atoms with Crippen LogP contribution in [0.25, 0.3) is 0 Å². The zero-order chi connectivity index (χ0) is 14.5. The SMILES string of the molecule is COCCOc1cccc(CN2CCC3(CCNC3)C2)c1.Cl. The van der Waals surface area contributed by atoms with Crippen molar-refractivity contribution >= 4 is 12.4 Å². The summed E-state index contributed by atoms with van der Waals surface area (Å²) in [5, 5.41) is 3.52. The van der Waals surface area contributed by atoms with E-state index in [4.69, 9.17) is 9.47 Å². The quantitative estimate of drug-likeness (QED) is 0.813. The van der Waals surface area contributed by atoms with Crippen molar-refractivity contribution in [2.24, 2.45) is 5.41 Å². The van der Waals surface area contributed by atoms with Crippen molar-refractivity contribution < 1.29 is 9.47 Å². The summed E-state index contributed by atoms with van der Waals surface area (Å²) in [6, 6.07) is 8.46. The molecule has 5 heteroatoms. The maximum atomic E-state index is 5.69. The van der Waals surface area contributed by atoms with Crippen LogP contribution < -0.4 is 10.1 Å². The number of nitrogens with one attached hydrogen (secondary N) is 1. The summed E-state index contributed by atoms with van der Waals surface area (Å²) in [6.07, 6.45) is 2.67. The molecule has 1 N–H and O–H groups in total. The van der Waals surface area contributed by atoms with Crippen LogP contribution in [0.5, 0.6) is 5.75 Å². The summed E-state index contributed by atoms with van der Waals surface area (Å²) in [4.78, 5) is 2.58. The van der Waals surface area contributed by atoms with Crippen LogP contribution in [0.1, 0.15) is 18.4 Å². The lowest BCUT2D eigenvalue weighted by molar-refractivity contribution is 0.146. The van der Waals surface area contributed by atoms with E-state index < -0.39 is 0 Å². The first-order valence-corrected chi connectivity index (χ1v) is 7.93. The maximum Gasteiger partial charge on any atom is 0.119 e. The Morgan fingerprint density at radius 3 is 2.95 bits per heavy atom. The highest BCUT2D eigenvalue weighted by molar-refractivity contribution is 5.85. The van der Waals surface area contributed by atoms with Gasteiger partial charge in [-0.25, -0.2) is 0 Å². The van der Waals surface area contributed by atoms with Crippen LogP contribution in [-0.4, -0.2) is 51.4 Å². The number of nitrogens with zero attached hydrogens (tertiary/aromatic N) is 1. The summed E-state index contributed by atoms with van der Waals surface area (Å²) in [5.74, 6) is 0.945. The van der Waals surface area contributed by atoms with Crippen molar-refractivity contribution in [3.05, 3.63) is 29.8 Å². The predicted octanol–water partition coefficient (Wildman–Crippen LogP) is 2.32. The Bertz CT molecular complexity index is 464. The topological polar surface area (TPSA) is 33.7 Å². The van der Waals surface area contributed by atoms with Crippen LogP contribution in [0.15, 0.2) is 24.3 Å². The van der Waals surface area contributed by atoms with Gasteiger partial charge in [0.2, 0.25) is 0 Å². The molecule has 4 nitrogen and oxygen atoms in total. The minimum Gasteiger partial charge on any atom is -0.491 e. The van der Waals surface area contributed by atoms with E-state index in [1.807, 2.05) is 6.07 Å². The molecular formula is C17H27ClN2O2. The smallest absolute Gasteiger partial charge is 0.119 e. The molecule has 2 saturated heterocycles. The van der Waals surface area contributed by atoms with Gasteiger partial charge in [-0.2, -0.15) is 0 Å². The van der Waals surface area contributed by atoms with Crippen molar-refractivity contribution in [1.29, 1.82) is 0 Å². The molecule has 0 aliphatic carbocycles. The van der Waals surface area contributed by atoms with Crippen molar-refractivity contribution in [3.8, 4) is 5.75 Å². The zero-order valence-electron chi connectivity index (χ0n) is 13.3. The first kappa shape index (κ1) is 17.5. The molecule has 1 atom stereocenters. The second kappa shape index (κ2) is 8.16. The van der Waals surface area contributed by atoms with E-state index in [0.717, 1.165) is 12.3 Å². The molecule has 1 aromatic rings. The van der Waals surface area contributed by atoms with E-state index in [2.05, 4.69) is 28.4 Å². The molecule has 124 valence electrons. The minimum atomic E-state index is 0. The minimum absolute atomic E-state index is 0. The number of likely N-dealkylation sites (tertiary alicyclic amines) is 1. The summed E-state index contributed by atoms with van der Waals surface area (Å²) in [5.41, 5.74) is 1.89. The highest BCUT2D eigenvalue weighted by atomic mass is 35.5. The summed E-state index contributed by atoms with van der Waals surface area (Å²) >= 11 is 0. The van der Waals surface area contributed by atoms with E-state index in [1.54, 1.807) is 7.11 Å². The van der Waals surface area contributed by atoms with Crippen LogP contribution in [-0.2, 0) is 11.3 Å². The van der Waals surface area contributed by atoms with E-state index >= 15 is 0 Å². The molecule has 2 fully saturated rings. The fourth-order valence-corrected chi connectivity index (χ4v) is 3.54. The lowest BCUT2D eigenvalue weighted by Crippen LogP contribution is -2.28. The molecule has 1 unspecified atom stereocenters. The van der Waals surface area contributed by atoms with Gasteiger partial charge in [-0.1, -0.05) is 12.1 Å². The molecule has 1 aromatic carbocycles. The third-order valence-electron chi connectivity index (χ3n) is 4.71. The zero-order valence-corrected chi connectivity index (χ0v) is 14.2. The summed E-state index contributed by atoms with van der Waals surface area (Å²) < 4.78 is 10.7. The Kier molecular flexibility index (Phi) is 6.50. The molecule has 1 spiro atoms. The third-order valence-corrected chi connectivity index (χ3v) is 4.71. The number of halogens is 1. The van der Waals surface area contributed by atoms with Crippen molar-refractivity contribution in [2.75, 3.05) is 46.5 Å². The fourth-order valence-electron chi connectivity index (χ4n) is 3.54. The highest BCUT2D eigenvalue weighted by Crippen LogP contribution is 2.36. The van der Waals surface area contributed by atoms with Gasteiger partial charge >= 0.3 is 0 Å². The van der Waals surface area contributed by atoms with Gasteiger partial charge in [0.25, 0.3) is 0 Å². The first-order chi connectivity index (χ1) is 10.3. The van der Waals surface area contributed by atoms with E-state index in [9.17, 15) is 0 Å². The Morgan fingerprint density at radius 1 is 1.27 bits per heavy atom. The van der Waals surface area contributed by atoms with Crippen LogP contribution in [0, 0.1) is 5.41 Å². The third kappa shape index (κ3) is 4.35. The summed E-state index contributed by atoms with van der Waals surface area (Å²) in [7, 11) is 1.70.